The third-order valence-electron chi connectivity index (χ3n) is 4.36. The van der Waals surface area contributed by atoms with Gasteiger partial charge >= 0.3 is 5.97 Å². The van der Waals surface area contributed by atoms with Crippen LogP contribution in [0.4, 0.5) is 5.69 Å². The molecule has 2 aromatic carbocycles. The minimum absolute atomic E-state index is 0.150. The van der Waals surface area contributed by atoms with Crippen LogP contribution in [0.2, 0.25) is 5.02 Å². The highest BCUT2D eigenvalue weighted by atomic mass is 35.5. The Morgan fingerprint density at radius 2 is 1.81 bits per heavy atom. The molecule has 0 saturated heterocycles. The molecule has 0 radical (unpaired) electrons. The first-order valence-corrected chi connectivity index (χ1v) is 11.4. The van der Waals surface area contributed by atoms with E-state index in [1.807, 2.05) is 47.9 Å². The Balaban J connectivity index is 1.57. The molecule has 0 aliphatic rings. The fraction of sp³-hybridized carbons (Fsp3) is 0.217. The van der Waals surface area contributed by atoms with Crippen LogP contribution in [-0.4, -0.2) is 39.0 Å². The lowest BCUT2D eigenvalue weighted by Crippen LogP contribution is -2.14. The number of halogens is 1. The fourth-order valence-corrected chi connectivity index (χ4v) is 3.78. The van der Waals surface area contributed by atoms with E-state index >= 15 is 0 Å². The van der Waals surface area contributed by atoms with Crippen molar-refractivity contribution in [3.8, 4) is 11.4 Å². The number of amides is 1. The average molecular weight is 471 g/mol. The highest BCUT2D eigenvalue weighted by molar-refractivity contribution is 7.99. The molecule has 0 unspecified atom stereocenters. The number of benzene rings is 2. The minimum Gasteiger partial charge on any atom is -0.463 e. The number of esters is 1. The van der Waals surface area contributed by atoms with Crippen molar-refractivity contribution in [1.82, 2.24) is 14.8 Å². The molecule has 3 aromatic rings. The zero-order valence-electron chi connectivity index (χ0n) is 17.7. The Labute approximate surface area is 195 Å². The molecule has 0 atom stereocenters. The van der Waals surface area contributed by atoms with Crippen LogP contribution in [0.3, 0.4) is 0 Å². The van der Waals surface area contributed by atoms with Gasteiger partial charge in [0.2, 0.25) is 5.91 Å². The Kier molecular flexibility index (Phi) is 8.47. The second-order valence-electron chi connectivity index (χ2n) is 6.60. The summed E-state index contributed by atoms with van der Waals surface area (Å²) in [4.78, 5) is 23.8. The van der Waals surface area contributed by atoms with Gasteiger partial charge in [-0.3, -0.25) is 4.79 Å². The number of hydrogen-bond acceptors (Lipinski definition) is 6. The predicted molar refractivity (Wildman–Crippen MR) is 128 cm³/mol. The van der Waals surface area contributed by atoms with E-state index < -0.39 is 0 Å². The smallest absolute Gasteiger partial charge is 0.330 e. The lowest BCUT2D eigenvalue weighted by Gasteiger charge is -2.08. The van der Waals surface area contributed by atoms with Crippen LogP contribution < -0.4 is 5.32 Å². The second kappa shape index (κ2) is 11.5. The lowest BCUT2D eigenvalue weighted by molar-refractivity contribution is -0.137. The molecular weight excluding hydrogens is 448 g/mol. The van der Waals surface area contributed by atoms with Crippen LogP contribution >= 0.6 is 23.4 Å². The Bertz CT molecular complexity index is 1100. The first-order chi connectivity index (χ1) is 15.5. The van der Waals surface area contributed by atoms with E-state index in [-0.39, 0.29) is 17.6 Å². The van der Waals surface area contributed by atoms with Gasteiger partial charge in [0.15, 0.2) is 11.0 Å². The van der Waals surface area contributed by atoms with Gasteiger partial charge in [-0.25, -0.2) is 4.79 Å². The number of aromatic nitrogens is 3. The van der Waals surface area contributed by atoms with E-state index in [2.05, 4.69) is 15.5 Å². The van der Waals surface area contributed by atoms with Crippen molar-refractivity contribution in [2.45, 2.75) is 25.5 Å². The van der Waals surface area contributed by atoms with E-state index in [4.69, 9.17) is 16.3 Å². The minimum atomic E-state index is -0.388. The van der Waals surface area contributed by atoms with E-state index in [9.17, 15) is 9.59 Å². The van der Waals surface area contributed by atoms with E-state index in [0.29, 0.717) is 29.0 Å². The molecule has 7 nitrogen and oxygen atoms in total. The number of anilines is 1. The average Bonchev–Trinajstić information content (AvgIpc) is 3.21. The topological polar surface area (TPSA) is 86.1 Å². The summed E-state index contributed by atoms with van der Waals surface area (Å²) in [6.07, 6.45) is 3.03. The van der Waals surface area contributed by atoms with Crippen molar-refractivity contribution in [2.24, 2.45) is 0 Å². The zero-order chi connectivity index (χ0) is 22.9. The van der Waals surface area contributed by atoms with E-state index in [1.165, 1.54) is 17.8 Å². The molecule has 9 heteroatoms. The van der Waals surface area contributed by atoms with Gasteiger partial charge in [-0.2, -0.15) is 0 Å². The highest BCUT2D eigenvalue weighted by Gasteiger charge is 2.14. The first-order valence-electron chi connectivity index (χ1n) is 10.1. The molecule has 0 aliphatic carbocycles. The molecule has 32 heavy (non-hydrogen) atoms. The van der Waals surface area contributed by atoms with Crippen LogP contribution in [0, 0.1) is 0 Å². The van der Waals surface area contributed by atoms with Crippen LogP contribution in [0.25, 0.3) is 17.5 Å². The van der Waals surface area contributed by atoms with Crippen molar-refractivity contribution in [3.05, 3.63) is 65.2 Å². The molecule has 3 rings (SSSR count). The molecular formula is C23H23ClN4O3S. The monoisotopic (exact) mass is 470 g/mol. The number of thioether (sulfide) groups is 1. The van der Waals surface area contributed by atoms with Gasteiger partial charge in [0.05, 0.1) is 12.4 Å². The third kappa shape index (κ3) is 6.45. The number of carbonyl (C=O) groups excluding carboxylic acids is 2. The number of rotatable bonds is 9. The summed E-state index contributed by atoms with van der Waals surface area (Å²) < 4.78 is 6.81. The van der Waals surface area contributed by atoms with Crippen molar-refractivity contribution in [1.29, 1.82) is 0 Å². The molecule has 1 heterocycles. The Morgan fingerprint density at radius 1 is 1.09 bits per heavy atom. The van der Waals surface area contributed by atoms with Gasteiger partial charge in [0.25, 0.3) is 0 Å². The van der Waals surface area contributed by atoms with Gasteiger partial charge in [-0.15, -0.1) is 10.2 Å². The zero-order valence-corrected chi connectivity index (χ0v) is 19.3. The quantitative estimate of drug-likeness (QED) is 0.271. The fourth-order valence-electron chi connectivity index (χ4n) is 2.85. The molecule has 0 saturated carbocycles. The summed E-state index contributed by atoms with van der Waals surface area (Å²) in [5.41, 5.74) is 2.41. The molecule has 1 aromatic heterocycles. The molecule has 166 valence electrons. The van der Waals surface area contributed by atoms with Gasteiger partial charge in [0.1, 0.15) is 0 Å². The molecule has 0 aliphatic heterocycles. The Hall–Kier alpha value is -3.10. The van der Waals surface area contributed by atoms with E-state index in [0.717, 1.165) is 17.0 Å². The van der Waals surface area contributed by atoms with Gasteiger partial charge in [0, 0.05) is 28.9 Å². The van der Waals surface area contributed by atoms with Crippen LogP contribution in [0.5, 0.6) is 0 Å². The molecule has 0 spiro atoms. The predicted octanol–water partition coefficient (Wildman–Crippen LogP) is 4.93. The summed E-state index contributed by atoms with van der Waals surface area (Å²) in [5.74, 6) is 0.395. The van der Waals surface area contributed by atoms with E-state index in [1.54, 1.807) is 25.1 Å². The normalized spacial score (nSPS) is 11.0. The molecule has 0 fully saturated rings. The summed E-state index contributed by atoms with van der Waals surface area (Å²) in [6.45, 7) is 4.77. The van der Waals surface area contributed by atoms with Crippen LogP contribution in [-0.2, 0) is 20.9 Å². The number of nitrogens with zero attached hydrogens (tertiary/aromatic N) is 3. The van der Waals surface area contributed by atoms with Gasteiger partial charge < -0.3 is 14.6 Å². The van der Waals surface area contributed by atoms with Crippen LogP contribution in [0.1, 0.15) is 19.4 Å². The maximum absolute atomic E-state index is 12.4. The summed E-state index contributed by atoms with van der Waals surface area (Å²) in [5, 5.41) is 12.7. The van der Waals surface area contributed by atoms with Crippen molar-refractivity contribution >= 4 is 47.0 Å². The molecule has 1 N–H and O–H groups in total. The summed E-state index contributed by atoms with van der Waals surface area (Å²) >= 11 is 7.29. The molecule has 0 bridgehead atoms. The van der Waals surface area contributed by atoms with Gasteiger partial charge in [-0.05, 0) is 61.9 Å². The maximum atomic E-state index is 12.4. The second-order valence-corrected chi connectivity index (χ2v) is 7.98. The van der Waals surface area contributed by atoms with Gasteiger partial charge in [-0.1, -0.05) is 35.5 Å². The Morgan fingerprint density at radius 3 is 2.47 bits per heavy atom. The number of carbonyl (C=O) groups is 2. The third-order valence-corrected chi connectivity index (χ3v) is 5.58. The van der Waals surface area contributed by atoms with Crippen molar-refractivity contribution in [2.75, 3.05) is 17.7 Å². The molecule has 1 amide bonds. The number of nitrogens with one attached hydrogen (secondary N) is 1. The summed E-state index contributed by atoms with van der Waals surface area (Å²) in [7, 11) is 0. The summed E-state index contributed by atoms with van der Waals surface area (Å²) in [6, 6.07) is 14.6. The maximum Gasteiger partial charge on any atom is 0.330 e. The largest absolute Gasteiger partial charge is 0.463 e. The van der Waals surface area contributed by atoms with Crippen LogP contribution in [0.15, 0.2) is 59.8 Å². The van der Waals surface area contributed by atoms with Crippen molar-refractivity contribution < 1.29 is 14.3 Å². The number of hydrogen-bond donors (Lipinski definition) is 1. The number of ether oxygens (including phenoxy) is 1. The standard InChI is InChI=1S/C23H23ClN4O3S/c1-3-28-22(17-8-10-18(24)11-9-17)26-27-23(28)32-15-20(29)25-19-12-5-16(6-13-19)7-14-21(30)31-4-2/h5-14H,3-4,15H2,1-2H3,(H,25,29)/b14-7+. The first kappa shape index (κ1) is 23.6. The van der Waals surface area contributed by atoms with Crippen molar-refractivity contribution in [3.63, 3.8) is 0 Å². The lowest BCUT2D eigenvalue weighted by atomic mass is 10.2. The SMILES string of the molecule is CCOC(=O)/C=C/c1ccc(NC(=O)CSc2nnc(-c3ccc(Cl)cc3)n2CC)cc1. The highest BCUT2D eigenvalue weighted by Crippen LogP contribution is 2.25.